The summed E-state index contributed by atoms with van der Waals surface area (Å²) in [4.78, 5) is 1.90. The molecule has 0 spiro atoms. The van der Waals surface area contributed by atoms with Gasteiger partial charge in [0.15, 0.2) is 10.1 Å². The smallest absolute Gasteiger partial charge is 0.485 e. The Kier molecular flexibility index (Phi) is 11.9. The van der Waals surface area contributed by atoms with E-state index in [-0.39, 0.29) is 0 Å². The normalized spacial score (nSPS) is 21.4. The Morgan fingerprint density at radius 2 is 1.58 bits per heavy atom. The molecule has 2 unspecified atom stereocenters. The first-order valence-electron chi connectivity index (χ1n) is 8.97. The van der Waals surface area contributed by atoms with Crippen LogP contribution < -0.4 is 4.90 Å². The lowest BCUT2D eigenvalue weighted by Gasteiger charge is -2.13. The van der Waals surface area contributed by atoms with Crippen molar-refractivity contribution in [1.29, 1.82) is 0 Å². The molecule has 0 saturated carbocycles. The van der Waals surface area contributed by atoms with E-state index in [1.54, 1.807) is 0 Å². The molecule has 4 nitrogen and oxygen atoms in total. The van der Waals surface area contributed by atoms with Gasteiger partial charge in [0.1, 0.15) is 0 Å². The van der Waals surface area contributed by atoms with E-state index in [0.29, 0.717) is 0 Å². The third-order valence-electron chi connectivity index (χ3n) is 4.37. The minimum Gasteiger partial charge on any atom is -0.741 e. The molecule has 24 heavy (non-hydrogen) atoms. The van der Waals surface area contributed by atoms with Gasteiger partial charge in [-0.05, 0) is 19.3 Å². The van der Waals surface area contributed by atoms with Crippen LogP contribution in [0.15, 0.2) is 0 Å². The summed E-state index contributed by atoms with van der Waals surface area (Å²) in [6, 6.07) is 0. The Balaban J connectivity index is 0.000000561. The van der Waals surface area contributed by atoms with Gasteiger partial charge in [-0.2, -0.15) is 13.2 Å². The molecular formula is C16H32F3NO3S. The van der Waals surface area contributed by atoms with E-state index in [1.165, 1.54) is 77.4 Å². The van der Waals surface area contributed by atoms with Crippen molar-refractivity contribution < 1.29 is 31.0 Å². The fourth-order valence-corrected chi connectivity index (χ4v) is 2.97. The number of quaternary nitrogens is 1. The predicted octanol–water partition coefficient (Wildman–Crippen LogP) is 3.10. The van der Waals surface area contributed by atoms with Gasteiger partial charge in [0.2, 0.25) is 0 Å². The molecule has 1 saturated heterocycles. The van der Waals surface area contributed by atoms with Gasteiger partial charge in [0, 0.05) is 12.3 Å². The Morgan fingerprint density at radius 3 is 2.08 bits per heavy atom. The second-order valence-electron chi connectivity index (χ2n) is 6.57. The highest BCUT2D eigenvalue weighted by Gasteiger charge is 2.36. The zero-order chi connectivity index (χ0) is 18.6. The highest BCUT2D eigenvalue weighted by Crippen LogP contribution is 2.20. The summed E-state index contributed by atoms with van der Waals surface area (Å²) < 4.78 is 58.9. The van der Waals surface area contributed by atoms with Crippen molar-refractivity contribution in [3.8, 4) is 0 Å². The number of nitrogens with one attached hydrogen (secondary N) is 1. The largest absolute Gasteiger partial charge is 0.741 e. The second kappa shape index (κ2) is 12.1. The molecule has 0 amide bonds. The van der Waals surface area contributed by atoms with Crippen molar-refractivity contribution in [1.82, 2.24) is 0 Å². The fourth-order valence-electron chi connectivity index (χ4n) is 2.97. The van der Waals surface area contributed by atoms with E-state index in [2.05, 4.69) is 13.8 Å². The summed E-state index contributed by atoms with van der Waals surface area (Å²) in [5, 5.41) is 0. The Bertz CT molecular complexity index is 413. The average molecular weight is 375 g/mol. The zero-order valence-electron chi connectivity index (χ0n) is 14.8. The fraction of sp³-hybridized carbons (Fsp3) is 1.00. The van der Waals surface area contributed by atoms with Gasteiger partial charge in [0.25, 0.3) is 0 Å². The molecule has 0 bridgehead atoms. The van der Waals surface area contributed by atoms with Gasteiger partial charge < -0.3 is 9.45 Å². The molecule has 1 rings (SSSR count). The summed E-state index contributed by atoms with van der Waals surface area (Å²) in [7, 11) is -6.09. The van der Waals surface area contributed by atoms with Gasteiger partial charge >= 0.3 is 5.51 Å². The van der Waals surface area contributed by atoms with E-state index in [1.807, 2.05) is 4.90 Å². The van der Waals surface area contributed by atoms with Crippen LogP contribution >= 0.6 is 0 Å². The minimum absolute atomic E-state index is 1.06. The number of hydrogen-bond acceptors (Lipinski definition) is 3. The molecule has 0 aromatic heterocycles. The van der Waals surface area contributed by atoms with Crippen molar-refractivity contribution >= 4 is 10.1 Å². The molecule has 146 valence electrons. The van der Waals surface area contributed by atoms with Crippen LogP contribution in [0.3, 0.4) is 0 Å². The molecule has 1 heterocycles. The van der Waals surface area contributed by atoms with Crippen LogP contribution in [0.25, 0.3) is 0 Å². The molecule has 1 aliphatic rings. The third kappa shape index (κ3) is 11.3. The first kappa shape index (κ1) is 23.7. The van der Waals surface area contributed by atoms with E-state index in [9.17, 15) is 13.2 Å². The summed E-state index contributed by atoms with van der Waals surface area (Å²) >= 11 is 0. The van der Waals surface area contributed by atoms with Crippen molar-refractivity contribution in [3.05, 3.63) is 0 Å². The van der Waals surface area contributed by atoms with Gasteiger partial charge in [-0.25, -0.2) is 8.42 Å². The van der Waals surface area contributed by atoms with Crippen molar-refractivity contribution in [2.24, 2.45) is 5.92 Å². The monoisotopic (exact) mass is 375 g/mol. The van der Waals surface area contributed by atoms with Gasteiger partial charge in [-0.1, -0.05) is 46.0 Å². The number of hydrogen-bond donors (Lipinski definition) is 1. The molecule has 2 atom stereocenters. The highest BCUT2D eigenvalue weighted by molar-refractivity contribution is 7.86. The SMILES string of the molecule is CCCCCCC[NH+]1CCC(CCCC)C1.O=S(=O)([O-])C(F)(F)F. The molecule has 1 N–H and O–H groups in total. The van der Waals surface area contributed by atoms with Gasteiger partial charge in [0.05, 0.1) is 19.6 Å². The standard InChI is InChI=1S/C15H31N.CHF3O3S/c1-3-5-7-8-9-12-16-13-11-15(14-16)10-6-4-2;2-1(3,4)8(5,6)7/h15H,3-14H2,1-2H3;(H,5,6,7). The maximum absolute atomic E-state index is 10.7. The second-order valence-corrected chi connectivity index (χ2v) is 7.94. The summed E-state index contributed by atoms with van der Waals surface area (Å²) in [6.07, 6.45) is 13.0. The van der Waals surface area contributed by atoms with E-state index < -0.39 is 15.6 Å². The lowest BCUT2D eigenvalue weighted by molar-refractivity contribution is -0.889. The number of unbranched alkanes of at least 4 members (excludes halogenated alkanes) is 5. The van der Waals surface area contributed by atoms with E-state index in [4.69, 9.17) is 13.0 Å². The maximum Gasteiger partial charge on any atom is 0.485 e. The quantitative estimate of drug-likeness (QED) is 0.383. The topological polar surface area (TPSA) is 61.6 Å². The van der Waals surface area contributed by atoms with Gasteiger partial charge in [-0.3, -0.25) is 0 Å². The van der Waals surface area contributed by atoms with Crippen LogP contribution in [0.5, 0.6) is 0 Å². The number of alkyl halides is 3. The molecule has 0 aromatic rings. The van der Waals surface area contributed by atoms with Crippen molar-refractivity contribution in [2.75, 3.05) is 19.6 Å². The van der Waals surface area contributed by atoms with Crippen LogP contribution in [0.2, 0.25) is 0 Å². The molecule has 1 fully saturated rings. The van der Waals surface area contributed by atoms with Crippen molar-refractivity contribution in [2.45, 2.75) is 77.1 Å². The van der Waals surface area contributed by atoms with Crippen LogP contribution in [-0.4, -0.2) is 38.1 Å². The Hall–Kier alpha value is -0.340. The Labute approximate surface area is 144 Å². The predicted molar refractivity (Wildman–Crippen MR) is 87.7 cm³/mol. The zero-order valence-corrected chi connectivity index (χ0v) is 15.6. The molecular weight excluding hydrogens is 343 g/mol. The molecule has 0 aliphatic carbocycles. The molecule has 1 aliphatic heterocycles. The third-order valence-corrected chi connectivity index (χ3v) is 4.93. The molecule has 8 heteroatoms. The van der Waals surface area contributed by atoms with Gasteiger partial charge in [-0.15, -0.1) is 0 Å². The lowest BCUT2D eigenvalue weighted by Crippen LogP contribution is -3.10. The van der Waals surface area contributed by atoms with Crippen LogP contribution in [0.4, 0.5) is 13.2 Å². The van der Waals surface area contributed by atoms with Crippen LogP contribution in [-0.2, 0) is 10.1 Å². The first-order valence-corrected chi connectivity index (χ1v) is 10.4. The summed E-state index contributed by atoms with van der Waals surface area (Å²) in [6.45, 7) is 9.00. The number of rotatable bonds is 9. The lowest BCUT2D eigenvalue weighted by atomic mass is 10.0. The first-order chi connectivity index (χ1) is 11.1. The van der Waals surface area contributed by atoms with Crippen molar-refractivity contribution in [3.63, 3.8) is 0 Å². The maximum atomic E-state index is 10.7. The van der Waals surface area contributed by atoms with Crippen LogP contribution in [0.1, 0.15) is 71.6 Å². The highest BCUT2D eigenvalue weighted by atomic mass is 32.2. The number of halogens is 3. The summed E-state index contributed by atoms with van der Waals surface area (Å²) in [5.74, 6) is 1.06. The van der Waals surface area contributed by atoms with E-state index >= 15 is 0 Å². The summed E-state index contributed by atoms with van der Waals surface area (Å²) in [5.41, 5.74) is -5.65. The molecule has 0 radical (unpaired) electrons. The molecule has 0 aromatic carbocycles. The minimum atomic E-state index is -6.09. The number of likely N-dealkylation sites (tertiary alicyclic amines) is 1. The Morgan fingerprint density at radius 1 is 1.04 bits per heavy atom. The van der Waals surface area contributed by atoms with Crippen LogP contribution in [0, 0.1) is 5.92 Å². The average Bonchev–Trinajstić information content (AvgIpc) is 2.91. The van der Waals surface area contributed by atoms with E-state index in [0.717, 1.165) is 5.92 Å².